The Morgan fingerprint density at radius 1 is 0.811 bits per heavy atom. The van der Waals surface area contributed by atoms with Gasteiger partial charge in [-0.1, -0.05) is 0 Å². The fourth-order valence-electron chi connectivity index (χ4n) is 4.34. The van der Waals surface area contributed by atoms with Crippen LogP contribution in [0, 0.1) is 0 Å². The largest absolute Gasteiger partial charge is 0.464 e. The van der Waals surface area contributed by atoms with Gasteiger partial charge < -0.3 is 30.1 Å². The number of carbonyl (C=O) groups is 1. The van der Waals surface area contributed by atoms with E-state index in [1.165, 1.54) is 11.0 Å². The fourth-order valence-corrected chi connectivity index (χ4v) is 4.34. The maximum absolute atomic E-state index is 14.2. The zero-order valence-electron chi connectivity index (χ0n) is 19.4. The summed E-state index contributed by atoms with van der Waals surface area (Å²) in [6.07, 6.45) is -11.9. The van der Waals surface area contributed by atoms with Crippen LogP contribution in [-0.4, -0.2) is 63.8 Å². The van der Waals surface area contributed by atoms with Gasteiger partial charge in [0, 0.05) is 37.6 Å². The molecule has 0 saturated carbocycles. The molecular formula is C23H24F6N4O4. The quantitative estimate of drug-likeness (QED) is 0.430. The van der Waals surface area contributed by atoms with Crippen LogP contribution in [0.4, 0.5) is 59.6 Å². The van der Waals surface area contributed by atoms with Crippen molar-refractivity contribution < 1.29 is 45.7 Å². The average Bonchev–Trinajstić information content (AvgIpc) is 2.84. The number of nitrogens with zero attached hydrogens (tertiary/aromatic N) is 3. The minimum Gasteiger partial charge on any atom is -0.464 e. The number of morpholine rings is 2. The molecule has 2 aliphatic rings. The van der Waals surface area contributed by atoms with Gasteiger partial charge in [-0.2, -0.15) is 26.3 Å². The lowest BCUT2D eigenvalue weighted by atomic mass is 10.0. The maximum Gasteiger partial charge on any atom is 0.418 e. The Kier molecular flexibility index (Phi) is 7.33. The third kappa shape index (κ3) is 5.80. The summed E-state index contributed by atoms with van der Waals surface area (Å²) in [5.41, 5.74) is 1.34. The van der Waals surface area contributed by atoms with Crippen LogP contribution in [0.1, 0.15) is 11.1 Å². The highest BCUT2D eigenvalue weighted by atomic mass is 19.4. The van der Waals surface area contributed by atoms with Gasteiger partial charge in [-0.3, -0.25) is 0 Å². The molecule has 202 valence electrons. The number of ether oxygens (including phenoxy) is 2. The summed E-state index contributed by atoms with van der Waals surface area (Å²) < 4.78 is 94.4. The molecule has 0 aromatic heterocycles. The number of benzene rings is 2. The first-order chi connectivity index (χ1) is 17.4. The molecule has 4 rings (SSSR count). The second-order valence-electron chi connectivity index (χ2n) is 8.48. The van der Waals surface area contributed by atoms with E-state index in [0.29, 0.717) is 6.07 Å². The van der Waals surface area contributed by atoms with E-state index in [1.807, 2.05) is 0 Å². The zero-order valence-corrected chi connectivity index (χ0v) is 19.4. The molecular weight excluding hydrogens is 510 g/mol. The van der Waals surface area contributed by atoms with Crippen molar-refractivity contribution >= 4 is 34.5 Å². The lowest BCUT2D eigenvalue weighted by Gasteiger charge is -2.33. The average molecular weight is 534 g/mol. The monoisotopic (exact) mass is 534 g/mol. The predicted octanol–water partition coefficient (Wildman–Crippen LogP) is 4.80. The van der Waals surface area contributed by atoms with E-state index in [9.17, 15) is 36.2 Å². The van der Waals surface area contributed by atoms with E-state index in [0.717, 1.165) is 18.2 Å². The van der Waals surface area contributed by atoms with Crippen molar-refractivity contribution in [3.63, 3.8) is 0 Å². The Morgan fingerprint density at radius 3 is 1.78 bits per heavy atom. The molecule has 1 amide bonds. The second kappa shape index (κ2) is 10.2. The first-order valence-electron chi connectivity index (χ1n) is 11.3. The van der Waals surface area contributed by atoms with E-state index in [1.54, 1.807) is 4.90 Å². The summed E-state index contributed by atoms with van der Waals surface area (Å²) in [5, 5.41) is 9.97. The Bertz CT molecular complexity index is 1150. The normalized spacial score (nSPS) is 17.1. The molecule has 37 heavy (non-hydrogen) atoms. The molecule has 3 N–H and O–H groups in total. The van der Waals surface area contributed by atoms with Gasteiger partial charge in [-0.05, 0) is 30.3 Å². The van der Waals surface area contributed by atoms with Crippen molar-refractivity contribution in [3.05, 3.63) is 41.5 Å². The summed E-state index contributed by atoms with van der Waals surface area (Å²) in [5.74, 6) is 0. The fraction of sp³-hybridized carbons (Fsp3) is 0.435. The number of anilines is 5. The van der Waals surface area contributed by atoms with Crippen LogP contribution in [0.5, 0.6) is 0 Å². The van der Waals surface area contributed by atoms with Crippen LogP contribution in [0.25, 0.3) is 0 Å². The molecule has 0 bridgehead atoms. The van der Waals surface area contributed by atoms with Gasteiger partial charge in [0.2, 0.25) is 0 Å². The summed E-state index contributed by atoms with van der Waals surface area (Å²) in [4.78, 5) is 15.6. The number of hydrogen-bond donors (Lipinski definition) is 2. The molecule has 14 heteroatoms. The van der Waals surface area contributed by atoms with Crippen molar-refractivity contribution in [2.45, 2.75) is 12.4 Å². The predicted molar refractivity (Wildman–Crippen MR) is 124 cm³/mol. The van der Waals surface area contributed by atoms with Crippen LogP contribution >= 0.6 is 0 Å². The first-order valence-corrected chi connectivity index (χ1v) is 11.3. The van der Waals surface area contributed by atoms with Crippen molar-refractivity contribution in [1.82, 2.24) is 0 Å². The topological polar surface area (TPSA) is 91.5 Å². The lowest BCUT2D eigenvalue weighted by Crippen LogP contribution is -2.37. The van der Waals surface area contributed by atoms with E-state index < -0.39 is 46.6 Å². The number of nitrogen functional groups attached to an aromatic ring is 1. The highest BCUT2D eigenvalue weighted by Crippen LogP contribution is 2.46. The summed E-state index contributed by atoms with van der Waals surface area (Å²) in [6, 6.07) is 4.36. The summed E-state index contributed by atoms with van der Waals surface area (Å²) >= 11 is 0. The van der Waals surface area contributed by atoms with Gasteiger partial charge in [0.1, 0.15) is 0 Å². The smallest absolute Gasteiger partial charge is 0.418 e. The molecule has 0 radical (unpaired) electrons. The Labute approximate surface area is 207 Å². The van der Waals surface area contributed by atoms with E-state index in [2.05, 4.69) is 0 Å². The maximum atomic E-state index is 14.2. The number of alkyl halides is 6. The zero-order chi connectivity index (χ0) is 27.0. The van der Waals surface area contributed by atoms with Crippen molar-refractivity contribution in [3.8, 4) is 0 Å². The number of halogens is 6. The van der Waals surface area contributed by atoms with Crippen LogP contribution < -0.4 is 20.4 Å². The molecule has 0 aliphatic carbocycles. The van der Waals surface area contributed by atoms with E-state index in [-0.39, 0.29) is 68.9 Å². The first kappa shape index (κ1) is 26.7. The molecule has 2 aromatic carbocycles. The van der Waals surface area contributed by atoms with E-state index >= 15 is 0 Å². The van der Waals surface area contributed by atoms with Crippen LogP contribution in [-0.2, 0) is 21.8 Å². The summed E-state index contributed by atoms with van der Waals surface area (Å²) in [7, 11) is 0. The molecule has 0 spiro atoms. The highest BCUT2D eigenvalue weighted by Gasteiger charge is 2.40. The lowest BCUT2D eigenvalue weighted by molar-refractivity contribution is -0.138. The standard InChI is InChI=1S/C23H24F6N4O4/c24-22(25,26)14-9-15(31-1-5-36-6-2-31)11-17(10-14)33(21(34)35)20-18(23(27,28)29)12-16(13-19(20)30)32-3-7-37-8-4-32/h9-13H,1-8,30H2,(H,34,35). The van der Waals surface area contributed by atoms with Gasteiger partial charge in [-0.25, -0.2) is 9.69 Å². The molecule has 2 aliphatic heterocycles. The van der Waals surface area contributed by atoms with Crippen LogP contribution in [0.2, 0.25) is 0 Å². The minimum absolute atomic E-state index is 0.00329. The van der Waals surface area contributed by atoms with Gasteiger partial charge in [0.05, 0.1) is 54.6 Å². The Hall–Kier alpha value is -3.39. The number of carboxylic acid groups (broad SMARTS) is 1. The van der Waals surface area contributed by atoms with Crippen molar-refractivity contribution in [2.75, 3.05) is 73.0 Å². The number of hydrogen-bond acceptors (Lipinski definition) is 6. The van der Waals surface area contributed by atoms with Gasteiger partial charge in [0.15, 0.2) is 0 Å². The van der Waals surface area contributed by atoms with Crippen molar-refractivity contribution in [2.24, 2.45) is 0 Å². The molecule has 2 saturated heterocycles. The molecule has 2 fully saturated rings. The third-order valence-corrected chi connectivity index (χ3v) is 6.08. The Morgan fingerprint density at radius 2 is 1.32 bits per heavy atom. The molecule has 0 atom stereocenters. The van der Waals surface area contributed by atoms with Gasteiger partial charge in [-0.15, -0.1) is 0 Å². The van der Waals surface area contributed by atoms with E-state index in [4.69, 9.17) is 15.2 Å². The molecule has 2 heterocycles. The van der Waals surface area contributed by atoms with Crippen LogP contribution in [0.15, 0.2) is 30.3 Å². The minimum atomic E-state index is -5.06. The van der Waals surface area contributed by atoms with Crippen LogP contribution in [0.3, 0.4) is 0 Å². The Balaban J connectivity index is 1.90. The number of rotatable bonds is 4. The number of amides is 1. The van der Waals surface area contributed by atoms with Crippen molar-refractivity contribution in [1.29, 1.82) is 0 Å². The third-order valence-electron chi connectivity index (χ3n) is 6.08. The molecule has 0 unspecified atom stereocenters. The highest BCUT2D eigenvalue weighted by molar-refractivity contribution is 6.00. The van der Waals surface area contributed by atoms with Gasteiger partial charge in [0.25, 0.3) is 0 Å². The second-order valence-corrected chi connectivity index (χ2v) is 8.48. The molecule has 2 aromatic rings. The number of nitrogens with two attached hydrogens (primary N) is 1. The van der Waals surface area contributed by atoms with Gasteiger partial charge >= 0.3 is 18.4 Å². The SMILES string of the molecule is Nc1cc(N2CCOCC2)cc(C(F)(F)F)c1N(C(=O)O)c1cc(N2CCOCC2)cc(C(F)(F)F)c1. The summed E-state index contributed by atoms with van der Waals surface area (Å²) in [6.45, 7) is 2.02. The molecule has 8 nitrogen and oxygen atoms in total.